The van der Waals surface area contributed by atoms with Crippen LogP contribution in [0.15, 0.2) is 91.3 Å². The van der Waals surface area contributed by atoms with Gasteiger partial charge in [0, 0.05) is 55.3 Å². The maximum absolute atomic E-state index is 13.4. The van der Waals surface area contributed by atoms with Crippen molar-refractivity contribution >= 4 is 53.1 Å². The van der Waals surface area contributed by atoms with Crippen LogP contribution in [0.4, 0.5) is 5.69 Å². The highest BCUT2D eigenvalue weighted by Gasteiger charge is 2.42. The zero-order valence-electron chi connectivity index (χ0n) is 30.8. The molecule has 282 valence electrons. The van der Waals surface area contributed by atoms with E-state index < -0.39 is 24.2 Å². The molecule has 0 bridgehead atoms. The van der Waals surface area contributed by atoms with Crippen molar-refractivity contribution in [1.82, 2.24) is 18.8 Å². The molecule has 1 amide bonds. The molecule has 1 saturated carbocycles. The van der Waals surface area contributed by atoms with Crippen LogP contribution in [0.25, 0.3) is 28.2 Å². The number of carbonyl (C=O) groups is 1. The standard InChI is InChI=1S/C41H45Cl2N5O4SSi/c1-54(2,3)22-21-52-28-48-41(49)27-47(53(48,50)51)35-17-15-34(16-18-35)46-26-39(36-19-14-33(42)24-37(36)43)45-40(46)23-29-9-11-31(12-10-29)38-20-13-32(25-44-38)30-7-5-4-6-8-30/h9-20,24-26,30H,4-8,21-23,27-28H2,1-3H3. The van der Waals surface area contributed by atoms with Gasteiger partial charge in [-0.05, 0) is 84.5 Å². The maximum Gasteiger partial charge on any atom is 0.331 e. The fourth-order valence-electron chi connectivity index (χ4n) is 7.02. The third kappa shape index (κ3) is 8.60. The number of hydrogen-bond acceptors (Lipinski definition) is 6. The second kappa shape index (κ2) is 16.0. The Kier molecular flexibility index (Phi) is 11.3. The Bertz CT molecular complexity index is 2220. The first kappa shape index (κ1) is 38.3. The molecule has 3 heterocycles. The number of rotatable bonds is 12. The van der Waals surface area contributed by atoms with Crippen LogP contribution < -0.4 is 4.31 Å². The van der Waals surface area contributed by atoms with Crippen LogP contribution in [0.2, 0.25) is 35.7 Å². The summed E-state index contributed by atoms with van der Waals surface area (Å²) < 4.78 is 36.4. The second-order valence-electron chi connectivity index (χ2n) is 15.3. The van der Waals surface area contributed by atoms with E-state index in [9.17, 15) is 13.2 Å². The monoisotopic (exact) mass is 801 g/mol. The first-order valence-corrected chi connectivity index (χ1v) is 24.3. The molecule has 2 aliphatic rings. The molecule has 13 heteroatoms. The molecule has 3 aromatic carbocycles. The molecular formula is C41H45Cl2N5O4SSi. The van der Waals surface area contributed by atoms with Gasteiger partial charge in [0.25, 0.3) is 5.91 Å². The van der Waals surface area contributed by atoms with Gasteiger partial charge in [-0.25, -0.2) is 9.29 Å². The minimum absolute atomic E-state index is 0.287. The van der Waals surface area contributed by atoms with Crippen molar-refractivity contribution in [3.05, 3.63) is 118 Å². The number of imidazole rings is 1. The summed E-state index contributed by atoms with van der Waals surface area (Å²) in [6.45, 7) is 6.48. The van der Waals surface area contributed by atoms with Crippen molar-refractivity contribution in [1.29, 1.82) is 0 Å². The number of anilines is 1. The number of benzene rings is 3. The van der Waals surface area contributed by atoms with Gasteiger partial charge in [-0.2, -0.15) is 12.7 Å². The average Bonchev–Trinajstić information content (AvgIpc) is 3.66. The van der Waals surface area contributed by atoms with Crippen LogP contribution in [-0.2, 0) is 26.2 Å². The van der Waals surface area contributed by atoms with E-state index in [1.54, 1.807) is 24.3 Å². The Hall–Kier alpha value is -4.00. The van der Waals surface area contributed by atoms with E-state index in [0.29, 0.717) is 40.4 Å². The first-order chi connectivity index (χ1) is 25.9. The highest BCUT2D eigenvalue weighted by molar-refractivity contribution is 7.91. The Morgan fingerprint density at radius 3 is 2.26 bits per heavy atom. The summed E-state index contributed by atoms with van der Waals surface area (Å²) >= 11 is 12.8. The topological polar surface area (TPSA) is 97.6 Å². The lowest BCUT2D eigenvalue weighted by molar-refractivity contribution is -0.127. The molecule has 5 aromatic rings. The van der Waals surface area contributed by atoms with Gasteiger partial charge in [0.1, 0.15) is 19.1 Å². The van der Waals surface area contributed by atoms with Gasteiger partial charge in [-0.3, -0.25) is 9.78 Å². The summed E-state index contributed by atoms with van der Waals surface area (Å²) in [4.78, 5) is 22.7. The van der Waals surface area contributed by atoms with E-state index in [0.717, 1.165) is 48.6 Å². The zero-order chi connectivity index (χ0) is 38.0. The molecule has 0 N–H and O–H groups in total. The van der Waals surface area contributed by atoms with Crippen LogP contribution >= 0.6 is 23.2 Å². The maximum atomic E-state index is 13.4. The number of carbonyl (C=O) groups excluding carboxylic acids is 1. The lowest BCUT2D eigenvalue weighted by Crippen LogP contribution is -2.36. The number of amides is 1. The third-order valence-electron chi connectivity index (χ3n) is 10.2. The molecule has 2 aromatic heterocycles. The van der Waals surface area contributed by atoms with E-state index in [4.69, 9.17) is 37.9 Å². The summed E-state index contributed by atoms with van der Waals surface area (Å²) in [6.07, 6.45) is 10.9. The second-order valence-corrected chi connectivity index (χ2v) is 23.6. The zero-order valence-corrected chi connectivity index (χ0v) is 34.2. The molecule has 1 aliphatic heterocycles. The summed E-state index contributed by atoms with van der Waals surface area (Å²) in [6, 6.07) is 26.0. The molecule has 0 radical (unpaired) electrons. The molecule has 7 rings (SSSR count). The number of nitrogens with zero attached hydrogens (tertiary/aromatic N) is 5. The highest BCUT2D eigenvalue weighted by atomic mass is 35.5. The van der Waals surface area contributed by atoms with Crippen LogP contribution in [0.1, 0.15) is 55.0 Å². The summed E-state index contributed by atoms with van der Waals surface area (Å²) in [5, 5.41) is 1.02. The largest absolute Gasteiger partial charge is 0.360 e. The Morgan fingerprint density at radius 1 is 0.870 bits per heavy atom. The van der Waals surface area contributed by atoms with E-state index in [1.165, 1.54) is 37.7 Å². The summed E-state index contributed by atoms with van der Waals surface area (Å²) in [5.41, 5.74) is 6.96. The highest BCUT2D eigenvalue weighted by Crippen LogP contribution is 2.34. The summed E-state index contributed by atoms with van der Waals surface area (Å²) in [5.74, 6) is 0.858. The molecular weight excluding hydrogens is 758 g/mol. The molecule has 9 nitrogen and oxygen atoms in total. The average molecular weight is 803 g/mol. The number of aromatic nitrogens is 3. The third-order valence-corrected chi connectivity index (χ3v) is 14.2. The summed E-state index contributed by atoms with van der Waals surface area (Å²) in [7, 11) is -5.46. The van der Waals surface area contributed by atoms with Crippen molar-refractivity contribution < 1.29 is 17.9 Å². The van der Waals surface area contributed by atoms with E-state index >= 15 is 0 Å². The fraction of sp³-hybridized carbons (Fsp3) is 0.341. The minimum Gasteiger partial charge on any atom is -0.360 e. The Labute approximate surface area is 329 Å². The van der Waals surface area contributed by atoms with Crippen molar-refractivity contribution in [3.8, 4) is 28.2 Å². The van der Waals surface area contributed by atoms with Gasteiger partial charge in [-0.1, -0.05) is 92.4 Å². The minimum atomic E-state index is -4.09. The van der Waals surface area contributed by atoms with E-state index in [-0.39, 0.29) is 13.3 Å². The Balaban J connectivity index is 1.12. The van der Waals surface area contributed by atoms with Gasteiger partial charge >= 0.3 is 10.2 Å². The molecule has 0 spiro atoms. The van der Waals surface area contributed by atoms with Gasteiger partial charge in [0.05, 0.1) is 22.1 Å². The van der Waals surface area contributed by atoms with Crippen molar-refractivity contribution in [2.45, 2.75) is 70.1 Å². The number of pyridine rings is 1. The van der Waals surface area contributed by atoms with E-state index in [1.807, 2.05) is 35.2 Å². The molecule has 0 atom stereocenters. The van der Waals surface area contributed by atoms with Crippen molar-refractivity contribution in [3.63, 3.8) is 0 Å². The number of ether oxygens (including phenoxy) is 1. The lowest BCUT2D eigenvalue weighted by Gasteiger charge is -2.21. The van der Waals surface area contributed by atoms with Gasteiger partial charge in [0.15, 0.2) is 0 Å². The van der Waals surface area contributed by atoms with Gasteiger partial charge in [0.2, 0.25) is 0 Å². The van der Waals surface area contributed by atoms with Crippen molar-refractivity contribution in [2.24, 2.45) is 0 Å². The fourth-order valence-corrected chi connectivity index (χ4v) is 9.71. The molecule has 1 aliphatic carbocycles. The first-order valence-electron chi connectivity index (χ1n) is 18.5. The lowest BCUT2D eigenvalue weighted by atomic mass is 9.85. The quantitative estimate of drug-likeness (QED) is 0.0921. The van der Waals surface area contributed by atoms with E-state index in [2.05, 4.69) is 56.0 Å². The molecule has 1 saturated heterocycles. The Morgan fingerprint density at radius 2 is 1.59 bits per heavy atom. The normalized spacial score (nSPS) is 16.4. The molecule has 54 heavy (non-hydrogen) atoms. The van der Waals surface area contributed by atoms with Gasteiger partial charge in [-0.15, -0.1) is 0 Å². The van der Waals surface area contributed by atoms with Gasteiger partial charge < -0.3 is 9.30 Å². The van der Waals surface area contributed by atoms with Crippen LogP contribution in [0.5, 0.6) is 0 Å². The van der Waals surface area contributed by atoms with Crippen LogP contribution in [-0.4, -0.2) is 61.1 Å². The molecule has 0 unspecified atom stereocenters. The van der Waals surface area contributed by atoms with Crippen molar-refractivity contribution in [2.75, 3.05) is 24.2 Å². The smallest absolute Gasteiger partial charge is 0.331 e. The van der Waals surface area contributed by atoms with Crippen LogP contribution in [0.3, 0.4) is 0 Å². The predicted molar refractivity (Wildman–Crippen MR) is 219 cm³/mol. The number of hydrogen-bond donors (Lipinski definition) is 0. The predicted octanol–water partition coefficient (Wildman–Crippen LogP) is 9.75. The number of halogens is 2. The molecule has 2 fully saturated rings. The SMILES string of the molecule is C[Si](C)(C)CCOCN1C(=O)CN(c2ccc(-n3cc(-c4ccc(Cl)cc4Cl)nc3Cc3ccc(-c4ccc(C5CCCCC5)cn4)cc3)cc2)S1(=O)=O. The van der Waals surface area contributed by atoms with Crippen LogP contribution in [0, 0.1) is 0 Å².